The zero-order valence-electron chi connectivity index (χ0n) is 12.1. The van der Waals surface area contributed by atoms with E-state index in [0.717, 1.165) is 0 Å². The standard InChI is InChI=1S/C12H20N2O5S3/c1-2-14-10-6-8(4-3-5-15)21(16,17)12-9(10)7-11(20-12)22(13,18)19/h7-8,10,14-15H,2-6H2,1H3,(H2,13,18,19)/t8-,10-/m0/s1. The minimum Gasteiger partial charge on any atom is -0.396 e. The highest BCUT2D eigenvalue weighted by molar-refractivity contribution is 7.95. The zero-order chi connectivity index (χ0) is 16.5. The molecule has 2 heterocycles. The molecule has 7 nitrogen and oxygen atoms in total. The molecule has 0 fully saturated rings. The van der Waals surface area contributed by atoms with Crippen molar-refractivity contribution in [2.75, 3.05) is 13.2 Å². The smallest absolute Gasteiger partial charge is 0.247 e. The zero-order valence-corrected chi connectivity index (χ0v) is 14.6. The predicted octanol–water partition coefficient (Wildman–Crippen LogP) is 0.365. The molecule has 0 bridgehead atoms. The molecule has 22 heavy (non-hydrogen) atoms. The van der Waals surface area contributed by atoms with E-state index >= 15 is 0 Å². The van der Waals surface area contributed by atoms with Gasteiger partial charge < -0.3 is 10.4 Å². The Labute approximate surface area is 134 Å². The van der Waals surface area contributed by atoms with Gasteiger partial charge in [-0.05, 0) is 31.9 Å². The summed E-state index contributed by atoms with van der Waals surface area (Å²) in [7, 11) is -7.53. The Bertz CT molecular complexity index is 739. The topological polar surface area (TPSA) is 127 Å². The molecule has 2 rings (SSSR count). The molecule has 4 N–H and O–H groups in total. The molecule has 0 spiro atoms. The van der Waals surface area contributed by atoms with Crippen LogP contribution in [-0.4, -0.2) is 40.3 Å². The summed E-state index contributed by atoms with van der Waals surface area (Å²) in [6.07, 6.45) is 1.11. The fourth-order valence-corrected chi connectivity index (χ4v) is 7.42. The number of nitrogens with one attached hydrogen (secondary N) is 1. The number of sulfone groups is 1. The average molecular weight is 369 g/mol. The predicted molar refractivity (Wildman–Crippen MR) is 84.0 cm³/mol. The van der Waals surface area contributed by atoms with Gasteiger partial charge in [0.15, 0.2) is 9.84 Å². The molecule has 0 saturated heterocycles. The normalized spacial score (nSPS) is 24.1. The molecule has 1 aromatic heterocycles. The van der Waals surface area contributed by atoms with Crippen LogP contribution in [0.4, 0.5) is 0 Å². The van der Waals surface area contributed by atoms with E-state index in [4.69, 9.17) is 10.2 Å². The average Bonchev–Trinajstić information content (AvgIpc) is 2.87. The molecule has 0 aromatic carbocycles. The van der Waals surface area contributed by atoms with Crippen LogP contribution in [0.5, 0.6) is 0 Å². The van der Waals surface area contributed by atoms with Gasteiger partial charge in [-0.25, -0.2) is 22.0 Å². The van der Waals surface area contributed by atoms with Crippen LogP contribution in [0.1, 0.15) is 37.8 Å². The van der Waals surface area contributed by atoms with E-state index in [-0.39, 0.29) is 21.1 Å². The van der Waals surface area contributed by atoms with E-state index in [2.05, 4.69) is 5.32 Å². The van der Waals surface area contributed by atoms with Crippen molar-refractivity contribution < 1.29 is 21.9 Å². The molecule has 0 amide bonds. The molecule has 1 aliphatic rings. The summed E-state index contributed by atoms with van der Waals surface area (Å²) in [4.78, 5) is 0. The van der Waals surface area contributed by atoms with Crippen LogP contribution < -0.4 is 10.5 Å². The maximum absolute atomic E-state index is 12.7. The highest BCUT2D eigenvalue weighted by atomic mass is 32.3. The first kappa shape index (κ1) is 17.8. The molecular weight excluding hydrogens is 348 g/mol. The van der Waals surface area contributed by atoms with Gasteiger partial charge in [0.05, 0.1) is 5.25 Å². The van der Waals surface area contributed by atoms with Crippen molar-refractivity contribution >= 4 is 31.2 Å². The summed E-state index contributed by atoms with van der Waals surface area (Å²) in [6.45, 7) is 2.47. The number of sulfonamides is 1. The third kappa shape index (κ3) is 3.36. The Hall–Kier alpha value is -0.520. The summed E-state index contributed by atoms with van der Waals surface area (Å²) in [5.41, 5.74) is 0.483. The van der Waals surface area contributed by atoms with Gasteiger partial charge in [-0.1, -0.05) is 6.92 Å². The lowest BCUT2D eigenvalue weighted by Gasteiger charge is -2.29. The van der Waals surface area contributed by atoms with E-state index in [0.29, 0.717) is 42.7 Å². The second kappa shape index (κ2) is 6.54. The molecule has 1 aliphatic heterocycles. The van der Waals surface area contributed by atoms with Crippen LogP contribution in [0.3, 0.4) is 0 Å². The maximum atomic E-state index is 12.7. The summed E-state index contributed by atoms with van der Waals surface area (Å²) in [5, 5.41) is 16.6. The Morgan fingerprint density at radius 2 is 2.18 bits per heavy atom. The van der Waals surface area contributed by atoms with E-state index in [9.17, 15) is 16.8 Å². The second-order valence-corrected chi connectivity index (χ2v) is 10.5. The molecule has 0 unspecified atom stereocenters. The molecule has 10 heteroatoms. The van der Waals surface area contributed by atoms with Crippen LogP contribution >= 0.6 is 11.3 Å². The lowest BCUT2D eigenvalue weighted by molar-refractivity contribution is 0.281. The SMILES string of the molecule is CCN[C@H]1C[C@H](CCCO)S(=O)(=O)c2sc(S(N)(=O)=O)cc21. The van der Waals surface area contributed by atoms with Crippen LogP contribution in [0.25, 0.3) is 0 Å². The van der Waals surface area contributed by atoms with Crippen LogP contribution in [-0.2, 0) is 19.9 Å². The number of hydrogen-bond donors (Lipinski definition) is 3. The fourth-order valence-electron chi connectivity index (χ4n) is 2.67. The van der Waals surface area contributed by atoms with Gasteiger partial charge in [0.25, 0.3) is 0 Å². The fraction of sp³-hybridized carbons (Fsp3) is 0.667. The maximum Gasteiger partial charge on any atom is 0.247 e. The highest BCUT2D eigenvalue weighted by Crippen LogP contribution is 2.43. The van der Waals surface area contributed by atoms with Crippen molar-refractivity contribution in [1.82, 2.24) is 5.32 Å². The Kier molecular flexibility index (Phi) is 5.30. The Morgan fingerprint density at radius 3 is 2.73 bits per heavy atom. The Morgan fingerprint density at radius 1 is 1.50 bits per heavy atom. The van der Waals surface area contributed by atoms with E-state index in [1.807, 2.05) is 6.92 Å². The molecule has 0 radical (unpaired) electrons. The van der Waals surface area contributed by atoms with Gasteiger partial charge in [-0.3, -0.25) is 0 Å². The monoisotopic (exact) mass is 368 g/mol. The molecule has 2 atom stereocenters. The second-order valence-electron chi connectivity index (χ2n) is 5.23. The number of thiophene rings is 1. The number of fused-ring (bicyclic) bond motifs is 1. The van der Waals surface area contributed by atoms with Crippen molar-refractivity contribution in [1.29, 1.82) is 0 Å². The van der Waals surface area contributed by atoms with Crippen LogP contribution in [0, 0.1) is 0 Å². The summed E-state index contributed by atoms with van der Waals surface area (Å²) in [5.74, 6) is 0. The van der Waals surface area contributed by atoms with Gasteiger partial charge in [0.2, 0.25) is 10.0 Å². The minimum atomic E-state index is -3.93. The largest absolute Gasteiger partial charge is 0.396 e. The lowest BCUT2D eigenvalue weighted by atomic mass is 10.0. The summed E-state index contributed by atoms with van der Waals surface area (Å²) >= 11 is 0.713. The number of hydrogen-bond acceptors (Lipinski definition) is 7. The van der Waals surface area contributed by atoms with E-state index < -0.39 is 25.1 Å². The third-order valence-electron chi connectivity index (χ3n) is 3.69. The van der Waals surface area contributed by atoms with Gasteiger partial charge in [0, 0.05) is 18.2 Å². The first-order valence-electron chi connectivity index (χ1n) is 6.96. The van der Waals surface area contributed by atoms with Crippen molar-refractivity contribution in [3.63, 3.8) is 0 Å². The van der Waals surface area contributed by atoms with Crippen molar-refractivity contribution in [3.8, 4) is 0 Å². The number of nitrogens with two attached hydrogens (primary N) is 1. The molecular formula is C12H20N2O5S3. The number of aliphatic hydroxyl groups is 1. The van der Waals surface area contributed by atoms with Crippen LogP contribution in [0.15, 0.2) is 14.5 Å². The quantitative estimate of drug-likeness (QED) is 0.666. The highest BCUT2D eigenvalue weighted by Gasteiger charge is 2.40. The third-order valence-corrected chi connectivity index (χ3v) is 9.06. The van der Waals surface area contributed by atoms with Gasteiger partial charge >= 0.3 is 0 Å². The lowest BCUT2D eigenvalue weighted by Crippen LogP contribution is -2.35. The molecule has 0 aliphatic carbocycles. The first-order valence-corrected chi connectivity index (χ1v) is 10.9. The minimum absolute atomic E-state index is 0.0718. The van der Waals surface area contributed by atoms with Gasteiger partial charge in [-0.2, -0.15) is 0 Å². The van der Waals surface area contributed by atoms with Crippen molar-refractivity contribution in [3.05, 3.63) is 11.6 Å². The summed E-state index contributed by atoms with van der Waals surface area (Å²) in [6, 6.07) is 1.14. The van der Waals surface area contributed by atoms with Gasteiger partial charge in [-0.15, -0.1) is 11.3 Å². The van der Waals surface area contributed by atoms with E-state index in [1.165, 1.54) is 6.07 Å². The van der Waals surface area contributed by atoms with Crippen molar-refractivity contribution in [2.45, 2.75) is 45.9 Å². The number of primary sulfonamides is 1. The molecule has 1 aromatic rings. The van der Waals surface area contributed by atoms with Crippen LogP contribution in [0.2, 0.25) is 0 Å². The number of rotatable bonds is 6. The summed E-state index contributed by atoms with van der Waals surface area (Å²) < 4.78 is 48.3. The molecule has 126 valence electrons. The number of aliphatic hydroxyl groups excluding tert-OH is 1. The van der Waals surface area contributed by atoms with Crippen molar-refractivity contribution in [2.24, 2.45) is 5.14 Å². The Balaban J connectivity index is 2.52. The first-order chi connectivity index (χ1) is 10.2. The molecule has 0 saturated carbocycles. The van der Waals surface area contributed by atoms with E-state index in [1.54, 1.807) is 0 Å². The van der Waals surface area contributed by atoms with Gasteiger partial charge in [0.1, 0.15) is 8.42 Å².